The Labute approximate surface area is 320 Å². The molecule has 7 rings (SSSR count). The molecule has 1 aromatic heterocycles. The molecule has 5 heterocycles. The number of aromatic nitrogens is 2. The maximum absolute atomic E-state index is 13.4. The summed E-state index contributed by atoms with van der Waals surface area (Å²) in [6.07, 6.45) is 4.30. The molecular weight excluding hydrogens is 756 g/mol. The van der Waals surface area contributed by atoms with Crippen LogP contribution >= 0.6 is 15.9 Å². The van der Waals surface area contributed by atoms with Crippen molar-refractivity contribution in [1.82, 2.24) is 29.8 Å². The molecule has 4 aliphatic heterocycles. The van der Waals surface area contributed by atoms with Crippen molar-refractivity contribution in [3.8, 4) is 11.8 Å². The summed E-state index contributed by atoms with van der Waals surface area (Å²) in [5.41, 5.74) is 3.91. The number of hydrogen-bond donors (Lipinski definition) is 3. The van der Waals surface area contributed by atoms with Crippen LogP contribution in [-0.4, -0.2) is 99.3 Å². The molecule has 3 N–H and O–H groups in total. The van der Waals surface area contributed by atoms with Crippen molar-refractivity contribution in [1.29, 1.82) is 0 Å². The lowest BCUT2D eigenvalue weighted by Gasteiger charge is -2.37. The third kappa shape index (κ3) is 7.95. The van der Waals surface area contributed by atoms with Gasteiger partial charge >= 0.3 is 0 Å². The van der Waals surface area contributed by atoms with Gasteiger partial charge in [-0.25, -0.2) is 4.68 Å². The third-order valence-electron chi connectivity index (χ3n) is 10.7. The molecular formula is C39H41BrN8O6. The fourth-order valence-electron chi connectivity index (χ4n) is 7.79. The zero-order valence-electron chi connectivity index (χ0n) is 30.1. The summed E-state index contributed by atoms with van der Waals surface area (Å²) in [6, 6.07) is 12.2. The smallest absolute Gasteiger partial charge is 0.300 e. The Morgan fingerprint density at radius 1 is 0.981 bits per heavy atom. The van der Waals surface area contributed by atoms with Crippen molar-refractivity contribution < 1.29 is 24.0 Å². The van der Waals surface area contributed by atoms with Gasteiger partial charge in [-0.05, 0) is 102 Å². The maximum Gasteiger partial charge on any atom is 0.300 e. The summed E-state index contributed by atoms with van der Waals surface area (Å²) in [5.74, 6) is 4.39. The molecule has 0 spiro atoms. The molecule has 0 aliphatic carbocycles. The second-order valence-electron chi connectivity index (χ2n) is 14.5. The number of likely N-dealkylation sites (tertiary alicyclic amines) is 2. The van der Waals surface area contributed by atoms with Crippen LogP contribution in [-0.2, 0) is 28.0 Å². The number of likely N-dealkylation sites (N-methyl/N-ethyl adjacent to an activating group) is 1. The van der Waals surface area contributed by atoms with Crippen LogP contribution in [0.1, 0.15) is 69.9 Å². The number of anilines is 2. The summed E-state index contributed by atoms with van der Waals surface area (Å²) in [7, 11) is 3.69. The molecule has 3 saturated heterocycles. The normalized spacial score (nSPS) is 21.9. The van der Waals surface area contributed by atoms with Crippen molar-refractivity contribution in [3.63, 3.8) is 0 Å². The number of imide groups is 1. The molecule has 14 nitrogen and oxygen atoms in total. The Morgan fingerprint density at radius 2 is 1.74 bits per heavy atom. The Bertz CT molecular complexity index is 2130. The molecule has 3 atom stereocenters. The fourth-order valence-corrected chi connectivity index (χ4v) is 8.26. The maximum atomic E-state index is 13.4. The van der Waals surface area contributed by atoms with Crippen LogP contribution in [0.3, 0.4) is 0 Å². The molecule has 0 bridgehead atoms. The Kier molecular flexibility index (Phi) is 10.7. The molecule has 5 amide bonds. The lowest BCUT2D eigenvalue weighted by molar-refractivity contribution is -0.137. The largest absolute Gasteiger partial charge is 0.379 e. The lowest BCUT2D eigenvalue weighted by atomic mass is 9.87. The van der Waals surface area contributed by atoms with Crippen LogP contribution in [0.4, 0.5) is 11.4 Å². The van der Waals surface area contributed by atoms with Gasteiger partial charge in [0.05, 0.1) is 11.9 Å². The average molecular weight is 798 g/mol. The SMILES string of the molecule is CN1CC(Nc2cnn(C)c(=O)c2Br)CC(c2ccc(C(=O)N3CCC(C#CC(=O)Nc4ccc5c(c4)CN(C4CCC(=O)NC4=O)C5=O)CC3)cc2)C1. The van der Waals surface area contributed by atoms with E-state index in [1.807, 2.05) is 29.2 Å². The highest BCUT2D eigenvalue weighted by atomic mass is 79.9. The first-order valence-corrected chi connectivity index (χ1v) is 18.9. The minimum absolute atomic E-state index is 0.0259. The van der Waals surface area contributed by atoms with Gasteiger partial charge in [-0.1, -0.05) is 18.1 Å². The van der Waals surface area contributed by atoms with Gasteiger partial charge in [0.25, 0.3) is 23.3 Å². The molecule has 54 heavy (non-hydrogen) atoms. The predicted molar refractivity (Wildman–Crippen MR) is 203 cm³/mol. The van der Waals surface area contributed by atoms with Crippen LogP contribution in [0.25, 0.3) is 0 Å². The molecule has 0 radical (unpaired) electrons. The van der Waals surface area contributed by atoms with E-state index >= 15 is 0 Å². The van der Waals surface area contributed by atoms with Gasteiger partial charge < -0.3 is 25.3 Å². The van der Waals surface area contributed by atoms with Gasteiger partial charge in [-0.3, -0.25) is 34.1 Å². The summed E-state index contributed by atoms with van der Waals surface area (Å²) in [5, 5.41) is 12.7. The zero-order chi connectivity index (χ0) is 38.1. The van der Waals surface area contributed by atoms with Crippen LogP contribution in [0.5, 0.6) is 0 Å². The van der Waals surface area contributed by atoms with E-state index < -0.39 is 17.9 Å². The van der Waals surface area contributed by atoms with Crippen LogP contribution in [0.2, 0.25) is 0 Å². The molecule has 280 valence electrons. The molecule has 15 heteroatoms. The number of halogens is 1. The first-order valence-electron chi connectivity index (χ1n) is 18.1. The third-order valence-corrected chi connectivity index (χ3v) is 11.4. The van der Waals surface area contributed by atoms with Crippen molar-refractivity contribution in [2.75, 3.05) is 43.9 Å². The molecule has 3 aromatic rings. The molecule has 3 fully saturated rings. The summed E-state index contributed by atoms with van der Waals surface area (Å²) in [4.78, 5) is 80.8. The van der Waals surface area contributed by atoms with E-state index in [4.69, 9.17) is 0 Å². The van der Waals surface area contributed by atoms with Crippen LogP contribution in [0, 0.1) is 17.8 Å². The molecule has 2 aromatic carbocycles. The lowest BCUT2D eigenvalue weighted by Crippen LogP contribution is -2.52. The Morgan fingerprint density at radius 3 is 2.48 bits per heavy atom. The second kappa shape index (κ2) is 15.6. The number of fused-ring (bicyclic) bond motifs is 1. The number of aryl methyl sites for hydroxylation is 1. The monoisotopic (exact) mass is 796 g/mol. The minimum atomic E-state index is -0.706. The number of piperidine rings is 3. The Balaban J connectivity index is 0.888. The minimum Gasteiger partial charge on any atom is -0.379 e. The van der Waals surface area contributed by atoms with Gasteiger partial charge in [0.1, 0.15) is 10.5 Å². The second-order valence-corrected chi connectivity index (χ2v) is 15.3. The van der Waals surface area contributed by atoms with Gasteiger partial charge in [-0.15, -0.1) is 0 Å². The molecule has 4 aliphatic rings. The van der Waals surface area contributed by atoms with E-state index in [1.54, 1.807) is 31.4 Å². The van der Waals surface area contributed by atoms with E-state index in [0.29, 0.717) is 58.5 Å². The highest BCUT2D eigenvalue weighted by Gasteiger charge is 2.39. The number of benzene rings is 2. The molecule has 3 unspecified atom stereocenters. The number of nitrogens with one attached hydrogen (secondary N) is 3. The standard InChI is InChI=1S/C39H41BrN8O6/c1-45-20-26(17-29(22-45)42-31-19-41-46(2)39(54)35(31)40)24-4-6-25(7-5-24)37(52)47-15-13-23(14-16-47)3-11-33(49)43-28-8-9-30-27(18-28)21-48(38(30)53)32-10-12-34(50)44-36(32)51/h4-9,18-19,23,26,29,32,42H,10,12-17,20-22H2,1-2H3,(H,43,49)(H,44,50,51). The van der Waals surface area contributed by atoms with E-state index in [2.05, 4.69) is 60.8 Å². The van der Waals surface area contributed by atoms with Crippen LogP contribution in [0.15, 0.2) is 57.9 Å². The van der Waals surface area contributed by atoms with Crippen molar-refractivity contribution in [2.45, 2.75) is 56.7 Å². The summed E-state index contributed by atoms with van der Waals surface area (Å²) >= 11 is 3.41. The van der Waals surface area contributed by atoms with Gasteiger partial charge in [0, 0.05) is 75.0 Å². The number of nitrogens with zero attached hydrogens (tertiary/aromatic N) is 5. The number of amides is 5. The number of carbonyl (C=O) groups excluding carboxylic acids is 5. The number of carbonyl (C=O) groups is 5. The average Bonchev–Trinajstić information content (AvgIpc) is 3.48. The van der Waals surface area contributed by atoms with E-state index in [9.17, 15) is 28.8 Å². The Hall–Kier alpha value is -5.33. The number of rotatable bonds is 6. The first kappa shape index (κ1) is 37.0. The fraction of sp³-hybridized carbons (Fsp3) is 0.410. The summed E-state index contributed by atoms with van der Waals surface area (Å²) in [6.45, 7) is 3.00. The van der Waals surface area contributed by atoms with E-state index in [-0.39, 0.29) is 60.5 Å². The number of hydrogen-bond acceptors (Lipinski definition) is 9. The molecule has 0 saturated carbocycles. The van der Waals surface area contributed by atoms with Crippen molar-refractivity contribution >= 4 is 56.8 Å². The zero-order valence-corrected chi connectivity index (χ0v) is 31.6. The quantitative estimate of drug-likeness (QED) is 0.251. The van der Waals surface area contributed by atoms with E-state index in [1.165, 1.54) is 9.58 Å². The predicted octanol–water partition coefficient (Wildman–Crippen LogP) is 2.70. The van der Waals surface area contributed by atoms with Crippen molar-refractivity contribution in [3.05, 3.63) is 85.7 Å². The topological polar surface area (TPSA) is 166 Å². The van der Waals surface area contributed by atoms with Gasteiger partial charge in [-0.2, -0.15) is 5.10 Å². The summed E-state index contributed by atoms with van der Waals surface area (Å²) < 4.78 is 1.75. The van der Waals surface area contributed by atoms with E-state index in [0.717, 1.165) is 25.1 Å². The van der Waals surface area contributed by atoms with Gasteiger partial charge in [0.15, 0.2) is 0 Å². The van der Waals surface area contributed by atoms with Gasteiger partial charge in [0.2, 0.25) is 11.8 Å². The first-order chi connectivity index (χ1) is 25.9. The highest BCUT2D eigenvalue weighted by Crippen LogP contribution is 2.31. The highest BCUT2D eigenvalue weighted by molar-refractivity contribution is 9.10. The van der Waals surface area contributed by atoms with Crippen LogP contribution < -0.4 is 21.5 Å². The van der Waals surface area contributed by atoms with Crippen molar-refractivity contribution in [2.24, 2.45) is 13.0 Å².